The molecule has 0 aliphatic carbocycles. The predicted molar refractivity (Wildman–Crippen MR) is 180 cm³/mol. The molecule has 0 fully saturated rings. The van der Waals surface area contributed by atoms with Crippen molar-refractivity contribution in [2.24, 2.45) is 4.99 Å². The van der Waals surface area contributed by atoms with E-state index in [2.05, 4.69) is 20.9 Å². The van der Waals surface area contributed by atoms with Gasteiger partial charge in [-0.05, 0) is 82.9 Å². The molecule has 2 heterocycles. The van der Waals surface area contributed by atoms with Gasteiger partial charge in [0.2, 0.25) is 5.75 Å². The molecule has 260 valence electrons. The molecule has 0 N–H and O–H groups in total. The number of nitro benzene ring substituents is 1. The van der Waals surface area contributed by atoms with Crippen LogP contribution in [0.25, 0.3) is 6.08 Å². The van der Waals surface area contributed by atoms with E-state index in [9.17, 15) is 37.7 Å². The molecule has 4 aromatic rings. The van der Waals surface area contributed by atoms with Gasteiger partial charge in [-0.3, -0.25) is 19.5 Å². The van der Waals surface area contributed by atoms with Crippen LogP contribution in [0.3, 0.4) is 0 Å². The summed E-state index contributed by atoms with van der Waals surface area (Å²) in [5.74, 6) is -1.93. The first-order valence-electron chi connectivity index (χ1n) is 14.7. The molecule has 1 aliphatic rings. The van der Waals surface area contributed by atoms with Crippen molar-refractivity contribution in [3.05, 3.63) is 133 Å². The summed E-state index contributed by atoms with van der Waals surface area (Å²) in [4.78, 5) is 53.6. The Morgan fingerprint density at radius 2 is 1.70 bits per heavy atom. The maximum Gasteiger partial charge on any atom is 0.434 e. The summed E-state index contributed by atoms with van der Waals surface area (Å²) in [6.45, 7) is 2.98. The fraction of sp³-hybridized carbons (Fsp3) is 0.212. The van der Waals surface area contributed by atoms with Crippen molar-refractivity contribution in [2.45, 2.75) is 32.7 Å². The number of hydrogen-bond acceptors (Lipinski definition) is 10. The lowest BCUT2D eigenvalue weighted by atomic mass is 9.95. The second kappa shape index (κ2) is 15.0. The molecule has 0 spiro atoms. The fourth-order valence-corrected chi connectivity index (χ4v) is 6.73. The molecule has 1 aliphatic heterocycles. The summed E-state index contributed by atoms with van der Waals surface area (Å²) in [6, 6.07) is 12.9. The molecular weight excluding hydrogens is 771 g/mol. The van der Waals surface area contributed by atoms with Crippen LogP contribution in [0.1, 0.15) is 46.9 Å². The quantitative estimate of drug-likeness (QED) is 0.102. The van der Waals surface area contributed by atoms with Crippen LogP contribution in [-0.4, -0.2) is 40.8 Å². The van der Waals surface area contributed by atoms with Gasteiger partial charge in [0, 0.05) is 11.1 Å². The number of fused-ring (bicyclic) bond motifs is 1. The van der Waals surface area contributed by atoms with Gasteiger partial charge < -0.3 is 14.2 Å². The van der Waals surface area contributed by atoms with Crippen LogP contribution < -0.4 is 19.6 Å². The Morgan fingerprint density at radius 1 is 1.06 bits per heavy atom. The molecule has 0 saturated carbocycles. The highest BCUT2D eigenvalue weighted by Gasteiger charge is 2.45. The monoisotopic (exact) mass is 793 g/mol. The smallest absolute Gasteiger partial charge is 0.434 e. The largest absolute Gasteiger partial charge is 0.481 e. The van der Waals surface area contributed by atoms with Crippen molar-refractivity contribution in [1.82, 2.24) is 4.57 Å². The molecule has 5 rings (SSSR count). The molecule has 0 amide bonds. The zero-order valence-corrected chi connectivity index (χ0v) is 29.1. The highest BCUT2D eigenvalue weighted by Crippen LogP contribution is 2.39. The number of aromatic nitrogens is 1. The second-order valence-electron chi connectivity index (χ2n) is 10.4. The lowest BCUT2D eigenvalue weighted by Crippen LogP contribution is -2.41. The van der Waals surface area contributed by atoms with Gasteiger partial charge in [-0.2, -0.15) is 13.2 Å². The third-order valence-electron chi connectivity index (χ3n) is 7.17. The van der Waals surface area contributed by atoms with Gasteiger partial charge in [-0.25, -0.2) is 14.6 Å². The van der Waals surface area contributed by atoms with Gasteiger partial charge in [-0.15, -0.1) is 0 Å². The first-order valence-corrected chi connectivity index (χ1v) is 16.6. The molecule has 3 aromatic carbocycles. The Hall–Kier alpha value is -4.80. The third-order valence-corrected chi connectivity index (χ3v) is 8.99. The summed E-state index contributed by atoms with van der Waals surface area (Å²) >= 11 is 9.91. The average molecular weight is 795 g/mol. The Balaban J connectivity index is 1.58. The zero-order chi connectivity index (χ0) is 36.3. The van der Waals surface area contributed by atoms with Gasteiger partial charge >= 0.3 is 23.8 Å². The number of benzene rings is 3. The summed E-state index contributed by atoms with van der Waals surface area (Å²) in [5.41, 5.74) is -2.47. The van der Waals surface area contributed by atoms with Crippen LogP contribution in [0.2, 0.25) is 5.02 Å². The van der Waals surface area contributed by atoms with Gasteiger partial charge in [-0.1, -0.05) is 47.2 Å². The number of esters is 2. The van der Waals surface area contributed by atoms with E-state index in [1.165, 1.54) is 55.5 Å². The Labute approximate surface area is 298 Å². The van der Waals surface area contributed by atoms with E-state index >= 15 is 0 Å². The number of carbonyl (C=O) groups excluding carboxylic acids is 2. The molecule has 0 saturated heterocycles. The van der Waals surface area contributed by atoms with Gasteiger partial charge in [0.15, 0.2) is 10.5 Å². The van der Waals surface area contributed by atoms with Crippen molar-refractivity contribution in [3.63, 3.8) is 0 Å². The first-order chi connectivity index (χ1) is 23.7. The maximum atomic E-state index is 14.4. The normalized spacial score (nSPS) is 14.5. The number of rotatable bonds is 10. The van der Waals surface area contributed by atoms with E-state index in [0.29, 0.717) is 22.5 Å². The van der Waals surface area contributed by atoms with E-state index < -0.39 is 51.6 Å². The SMILES string of the molecule is CCOC(=O)C1=C(C(F)(F)F)N=c2s/c(=C\c3cc(Br)c(OCc4ccc(C(=O)OCC)cc4)c([N+](=O)[O-])c3)c(=O)n2[C@H]1c1ccc(Cl)cc1. The summed E-state index contributed by atoms with van der Waals surface area (Å²) < 4.78 is 59.8. The van der Waals surface area contributed by atoms with E-state index in [1.807, 2.05) is 0 Å². The lowest BCUT2D eigenvalue weighted by molar-refractivity contribution is -0.386. The minimum absolute atomic E-state index is 0.102. The molecule has 1 atom stereocenters. The van der Waals surface area contributed by atoms with Gasteiger partial charge in [0.25, 0.3) is 5.56 Å². The highest BCUT2D eigenvalue weighted by atomic mass is 79.9. The summed E-state index contributed by atoms with van der Waals surface area (Å²) in [6.07, 6.45) is -3.83. The third kappa shape index (κ3) is 7.66. The number of halogens is 5. The number of thiazole rings is 1. The number of allylic oxidation sites excluding steroid dienone is 1. The first kappa shape index (κ1) is 36.5. The van der Waals surface area contributed by atoms with Crippen molar-refractivity contribution in [3.8, 4) is 5.75 Å². The Kier molecular flexibility index (Phi) is 10.9. The minimum Gasteiger partial charge on any atom is -0.481 e. The van der Waals surface area contributed by atoms with Crippen LogP contribution in [0.15, 0.2) is 86.2 Å². The standard InChI is InChI=1S/C33H24BrClF3N3O8S/c1-3-47-30(43)20-7-5-17(6-8-20)16-49-27-22(34)13-18(14-23(27)41(45)46)15-24-29(42)40-26(19-9-11-21(35)12-10-19)25(31(44)48-4-2)28(33(36,37)38)39-32(40)50-24/h5-15,26H,3-4,16H2,1-2H3/b24-15-/t26-/m0/s1. The summed E-state index contributed by atoms with van der Waals surface area (Å²) in [5, 5.41) is 12.4. The van der Waals surface area contributed by atoms with Crippen LogP contribution in [0.5, 0.6) is 5.75 Å². The van der Waals surface area contributed by atoms with E-state index in [4.69, 9.17) is 25.8 Å². The number of carbonyl (C=O) groups is 2. The molecule has 11 nitrogen and oxygen atoms in total. The molecular formula is C33H24BrClF3N3O8S. The van der Waals surface area contributed by atoms with Crippen LogP contribution in [0.4, 0.5) is 18.9 Å². The number of nitrogens with zero attached hydrogens (tertiary/aromatic N) is 3. The van der Waals surface area contributed by atoms with Crippen molar-refractivity contribution >= 4 is 62.6 Å². The van der Waals surface area contributed by atoms with Crippen LogP contribution >= 0.6 is 38.9 Å². The van der Waals surface area contributed by atoms with E-state index in [-0.39, 0.29) is 55.5 Å². The molecule has 0 radical (unpaired) electrons. The Morgan fingerprint density at radius 3 is 2.30 bits per heavy atom. The minimum atomic E-state index is -5.09. The van der Waals surface area contributed by atoms with Gasteiger partial charge in [0.05, 0.1) is 44.3 Å². The Bertz CT molecular complexity index is 2200. The molecule has 0 bridgehead atoms. The van der Waals surface area contributed by atoms with Crippen LogP contribution in [-0.2, 0) is 20.9 Å². The molecule has 17 heteroatoms. The maximum absolute atomic E-state index is 14.4. The molecule has 1 aromatic heterocycles. The second-order valence-corrected chi connectivity index (χ2v) is 12.7. The summed E-state index contributed by atoms with van der Waals surface area (Å²) in [7, 11) is 0. The number of ether oxygens (including phenoxy) is 3. The number of alkyl halides is 3. The fourth-order valence-electron chi connectivity index (χ4n) is 5.02. The highest BCUT2D eigenvalue weighted by molar-refractivity contribution is 9.10. The topological polar surface area (TPSA) is 139 Å². The van der Waals surface area contributed by atoms with E-state index in [1.54, 1.807) is 19.1 Å². The predicted octanol–water partition coefficient (Wildman–Crippen LogP) is 6.42. The van der Waals surface area contributed by atoms with Crippen LogP contribution in [0, 0.1) is 10.1 Å². The van der Waals surface area contributed by atoms with E-state index in [0.717, 1.165) is 10.6 Å². The number of nitro groups is 1. The zero-order valence-electron chi connectivity index (χ0n) is 26.0. The van der Waals surface area contributed by atoms with Crippen molar-refractivity contribution < 1.29 is 41.9 Å². The van der Waals surface area contributed by atoms with Crippen molar-refractivity contribution in [2.75, 3.05) is 13.2 Å². The molecule has 50 heavy (non-hydrogen) atoms. The van der Waals surface area contributed by atoms with Crippen molar-refractivity contribution in [1.29, 1.82) is 0 Å². The lowest BCUT2D eigenvalue weighted by Gasteiger charge is -2.26. The number of hydrogen-bond donors (Lipinski definition) is 0. The van der Waals surface area contributed by atoms with Gasteiger partial charge in [0.1, 0.15) is 6.61 Å². The molecule has 0 unspecified atom stereocenters. The average Bonchev–Trinajstić information content (AvgIpc) is 3.37.